The lowest BCUT2D eigenvalue weighted by Crippen LogP contribution is -2.41. The van der Waals surface area contributed by atoms with Gasteiger partial charge < -0.3 is 20.9 Å². The number of nitrogens with two attached hydrogens (primary N) is 1. The normalized spacial score (nSPS) is 11.7. The molecule has 21 heavy (non-hydrogen) atoms. The van der Waals surface area contributed by atoms with Gasteiger partial charge in [-0.3, -0.25) is 9.59 Å². The first-order valence-electron chi connectivity index (χ1n) is 6.34. The zero-order valence-corrected chi connectivity index (χ0v) is 11.7. The third-order valence-corrected chi connectivity index (χ3v) is 2.78. The Labute approximate surface area is 122 Å². The number of carboxylic acid groups (broad SMARTS) is 1. The van der Waals surface area contributed by atoms with Crippen molar-refractivity contribution in [2.75, 3.05) is 7.11 Å². The maximum Gasteiger partial charge on any atom is 0.326 e. The van der Waals surface area contributed by atoms with Gasteiger partial charge in [0.1, 0.15) is 6.04 Å². The molecule has 0 spiro atoms. The molecule has 0 heterocycles. The first kappa shape index (κ1) is 16.6. The van der Waals surface area contributed by atoms with Gasteiger partial charge in [0.25, 0.3) is 5.91 Å². The number of benzene rings is 1. The van der Waals surface area contributed by atoms with E-state index in [0.717, 1.165) is 5.56 Å². The Balaban J connectivity index is 2.74. The standard InChI is InChI=1S/C14H18N2O5/c1-21-8-9-3-2-4-10(7-9)13(18)16-11(14(19)20)5-6-12(15)17/h2-4,7,11H,5-6,8H2,1H3,(H2,15,17)(H,16,18)(H,19,20). The molecule has 2 amide bonds. The highest BCUT2D eigenvalue weighted by Gasteiger charge is 2.21. The summed E-state index contributed by atoms with van der Waals surface area (Å²) in [6.07, 6.45) is -0.158. The van der Waals surface area contributed by atoms with E-state index >= 15 is 0 Å². The molecule has 1 rings (SSSR count). The second-order valence-electron chi connectivity index (χ2n) is 4.50. The van der Waals surface area contributed by atoms with E-state index in [1.165, 1.54) is 7.11 Å². The Hall–Kier alpha value is -2.41. The summed E-state index contributed by atoms with van der Waals surface area (Å²) in [6.45, 7) is 0.352. The highest BCUT2D eigenvalue weighted by molar-refractivity contribution is 5.96. The van der Waals surface area contributed by atoms with Crippen molar-refractivity contribution in [1.29, 1.82) is 0 Å². The van der Waals surface area contributed by atoms with Gasteiger partial charge in [0.2, 0.25) is 5.91 Å². The first-order valence-corrected chi connectivity index (χ1v) is 6.34. The molecule has 7 heteroatoms. The summed E-state index contributed by atoms with van der Waals surface area (Å²) in [5.41, 5.74) is 6.11. The molecule has 4 N–H and O–H groups in total. The minimum absolute atomic E-state index is 0.0475. The number of rotatable bonds is 8. The molecule has 1 atom stereocenters. The summed E-state index contributed by atoms with van der Waals surface area (Å²) in [4.78, 5) is 33.8. The van der Waals surface area contributed by atoms with Crippen molar-refractivity contribution >= 4 is 17.8 Å². The van der Waals surface area contributed by atoms with E-state index in [1.807, 2.05) is 0 Å². The molecule has 1 unspecified atom stereocenters. The van der Waals surface area contributed by atoms with Gasteiger partial charge >= 0.3 is 5.97 Å². The molecule has 0 radical (unpaired) electrons. The second-order valence-corrected chi connectivity index (χ2v) is 4.50. The van der Waals surface area contributed by atoms with Crippen molar-refractivity contribution in [3.8, 4) is 0 Å². The topological polar surface area (TPSA) is 119 Å². The van der Waals surface area contributed by atoms with Gasteiger partial charge in [0, 0.05) is 19.1 Å². The van der Waals surface area contributed by atoms with E-state index in [4.69, 9.17) is 15.6 Å². The fourth-order valence-electron chi connectivity index (χ4n) is 1.75. The number of aliphatic carboxylic acids is 1. The molecular formula is C14H18N2O5. The highest BCUT2D eigenvalue weighted by atomic mass is 16.5. The van der Waals surface area contributed by atoms with Crippen molar-refractivity contribution in [2.45, 2.75) is 25.5 Å². The van der Waals surface area contributed by atoms with Crippen LogP contribution in [0.4, 0.5) is 0 Å². The number of methoxy groups -OCH3 is 1. The molecule has 0 aromatic heterocycles. The monoisotopic (exact) mass is 294 g/mol. The summed E-state index contributed by atoms with van der Waals surface area (Å²) in [6, 6.07) is 5.51. The van der Waals surface area contributed by atoms with Crippen LogP contribution in [0.15, 0.2) is 24.3 Å². The Morgan fingerprint density at radius 1 is 1.38 bits per heavy atom. The number of primary amides is 1. The van der Waals surface area contributed by atoms with Crippen LogP contribution in [0.5, 0.6) is 0 Å². The molecular weight excluding hydrogens is 276 g/mol. The lowest BCUT2D eigenvalue weighted by atomic mass is 10.1. The predicted octanol–water partition coefficient (Wildman–Crippen LogP) is 0.282. The molecule has 0 aliphatic carbocycles. The zero-order chi connectivity index (χ0) is 15.8. The Morgan fingerprint density at radius 3 is 2.67 bits per heavy atom. The maximum absolute atomic E-state index is 12.0. The van der Waals surface area contributed by atoms with Crippen LogP contribution in [-0.2, 0) is 20.9 Å². The fraction of sp³-hybridized carbons (Fsp3) is 0.357. The quantitative estimate of drug-likeness (QED) is 0.636. The molecule has 0 saturated carbocycles. The zero-order valence-electron chi connectivity index (χ0n) is 11.7. The lowest BCUT2D eigenvalue weighted by molar-refractivity contribution is -0.139. The molecule has 0 saturated heterocycles. The minimum Gasteiger partial charge on any atom is -0.480 e. The molecule has 0 fully saturated rings. The molecule has 114 valence electrons. The van der Waals surface area contributed by atoms with Crippen molar-refractivity contribution in [2.24, 2.45) is 5.73 Å². The maximum atomic E-state index is 12.0. The summed E-state index contributed by atoms with van der Waals surface area (Å²) in [5.74, 6) is -2.35. The summed E-state index contributed by atoms with van der Waals surface area (Å²) in [7, 11) is 1.54. The number of carbonyl (C=O) groups is 3. The van der Waals surface area contributed by atoms with Gasteiger partial charge in [-0.25, -0.2) is 4.79 Å². The summed E-state index contributed by atoms with van der Waals surface area (Å²) >= 11 is 0. The van der Waals surface area contributed by atoms with Crippen LogP contribution in [0.1, 0.15) is 28.8 Å². The Bertz CT molecular complexity index is 530. The van der Waals surface area contributed by atoms with E-state index in [2.05, 4.69) is 5.32 Å². The van der Waals surface area contributed by atoms with Crippen LogP contribution in [-0.4, -0.2) is 36.0 Å². The van der Waals surface area contributed by atoms with Crippen LogP contribution in [0.2, 0.25) is 0 Å². The number of nitrogens with one attached hydrogen (secondary N) is 1. The molecule has 0 bridgehead atoms. The molecule has 0 aliphatic rings. The number of carboxylic acids is 1. The van der Waals surface area contributed by atoms with E-state index in [9.17, 15) is 14.4 Å². The largest absolute Gasteiger partial charge is 0.480 e. The van der Waals surface area contributed by atoms with Crippen LogP contribution >= 0.6 is 0 Å². The molecule has 1 aromatic rings. The average Bonchev–Trinajstić information content (AvgIpc) is 2.43. The lowest BCUT2D eigenvalue weighted by Gasteiger charge is -2.14. The minimum atomic E-state index is -1.21. The second kappa shape index (κ2) is 8.01. The predicted molar refractivity (Wildman–Crippen MR) is 74.5 cm³/mol. The number of hydrogen-bond donors (Lipinski definition) is 3. The summed E-state index contributed by atoms with van der Waals surface area (Å²) < 4.78 is 4.97. The number of ether oxygens (including phenoxy) is 1. The van der Waals surface area contributed by atoms with E-state index in [-0.39, 0.29) is 12.8 Å². The van der Waals surface area contributed by atoms with Crippen molar-refractivity contribution in [1.82, 2.24) is 5.32 Å². The fourth-order valence-corrected chi connectivity index (χ4v) is 1.75. The first-order chi connectivity index (χ1) is 9.93. The van der Waals surface area contributed by atoms with Gasteiger partial charge in [0.05, 0.1) is 6.61 Å². The van der Waals surface area contributed by atoms with E-state index < -0.39 is 23.8 Å². The third-order valence-electron chi connectivity index (χ3n) is 2.78. The van der Waals surface area contributed by atoms with E-state index in [1.54, 1.807) is 24.3 Å². The van der Waals surface area contributed by atoms with E-state index in [0.29, 0.717) is 12.2 Å². The van der Waals surface area contributed by atoms with Gasteiger partial charge in [-0.1, -0.05) is 12.1 Å². The van der Waals surface area contributed by atoms with Gasteiger partial charge in [-0.15, -0.1) is 0 Å². The highest BCUT2D eigenvalue weighted by Crippen LogP contribution is 2.07. The van der Waals surface area contributed by atoms with Crippen molar-refractivity contribution in [3.05, 3.63) is 35.4 Å². The van der Waals surface area contributed by atoms with Crippen LogP contribution in [0.3, 0.4) is 0 Å². The third kappa shape index (κ3) is 5.62. The Kier molecular flexibility index (Phi) is 6.35. The van der Waals surface area contributed by atoms with Gasteiger partial charge in [-0.2, -0.15) is 0 Å². The summed E-state index contributed by atoms with van der Waals surface area (Å²) in [5, 5.41) is 11.4. The van der Waals surface area contributed by atoms with Crippen LogP contribution < -0.4 is 11.1 Å². The Morgan fingerprint density at radius 2 is 2.10 bits per heavy atom. The van der Waals surface area contributed by atoms with Gasteiger partial charge in [-0.05, 0) is 24.1 Å². The van der Waals surface area contributed by atoms with Crippen molar-refractivity contribution < 1.29 is 24.2 Å². The average molecular weight is 294 g/mol. The van der Waals surface area contributed by atoms with Crippen LogP contribution in [0.25, 0.3) is 0 Å². The molecule has 1 aromatic carbocycles. The SMILES string of the molecule is COCc1cccc(C(=O)NC(CCC(N)=O)C(=O)O)c1. The molecule has 0 aliphatic heterocycles. The smallest absolute Gasteiger partial charge is 0.326 e. The van der Waals surface area contributed by atoms with Crippen molar-refractivity contribution in [3.63, 3.8) is 0 Å². The van der Waals surface area contributed by atoms with Crippen LogP contribution in [0, 0.1) is 0 Å². The number of amides is 2. The number of hydrogen-bond acceptors (Lipinski definition) is 4. The number of carbonyl (C=O) groups excluding carboxylic acids is 2. The molecule has 7 nitrogen and oxygen atoms in total. The van der Waals surface area contributed by atoms with Gasteiger partial charge in [0.15, 0.2) is 0 Å².